The normalized spacial score (nSPS) is 23.4. The highest BCUT2D eigenvalue weighted by Gasteiger charge is 2.41. The molecule has 2 rings (SSSR count). The molecular formula is C15H22F3NO2. The minimum absolute atomic E-state index is 0.0181. The maximum Gasteiger partial charge on any atom is 0.391 e. The molecule has 0 amide bonds. The lowest BCUT2D eigenvalue weighted by Crippen LogP contribution is -2.39. The molecule has 1 saturated carbocycles. The maximum atomic E-state index is 12.7. The highest BCUT2D eigenvalue weighted by molar-refractivity contribution is 4.95. The van der Waals surface area contributed by atoms with Crippen molar-refractivity contribution in [3.8, 4) is 0 Å². The molecular weight excluding hydrogens is 283 g/mol. The number of hydrogen-bond donors (Lipinski definition) is 1. The van der Waals surface area contributed by atoms with Crippen molar-refractivity contribution in [3.63, 3.8) is 0 Å². The van der Waals surface area contributed by atoms with Gasteiger partial charge in [0, 0.05) is 12.6 Å². The first kappa shape index (κ1) is 16.4. The van der Waals surface area contributed by atoms with Crippen LogP contribution in [0, 0.1) is 5.92 Å². The van der Waals surface area contributed by atoms with Crippen molar-refractivity contribution in [3.05, 3.63) is 24.2 Å². The number of nitrogens with one attached hydrogen (secondary N) is 1. The van der Waals surface area contributed by atoms with E-state index in [1.165, 1.54) is 0 Å². The van der Waals surface area contributed by atoms with Crippen LogP contribution in [-0.2, 0) is 11.3 Å². The Kier molecular flexibility index (Phi) is 6.11. The topological polar surface area (TPSA) is 34.4 Å². The fraction of sp³-hybridized carbons (Fsp3) is 0.733. The quantitative estimate of drug-likeness (QED) is 0.776. The van der Waals surface area contributed by atoms with E-state index in [4.69, 9.17) is 9.15 Å². The summed E-state index contributed by atoms with van der Waals surface area (Å²) in [6, 6.07) is 3.63. The molecule has 120 valence electrons. The van der Waals surface area contributed by atoms with Gasteiger partial charge < -0.3 is 14.5 Å². The molecule has 0 radical (unpaired) electrons. The molecule has 2 unspecified atom stereocenters. The van der Waals surface area contributed by atoms with Crippen LogP contribution in [-0.4, -0.2) is 25.4 Å². The summed E-state index contributed by atoms with van der Waals surface area (Å²) >= 11 is 0. The summed E-state index contributed by atoms with van der Waals surface area (Å²) in [7, 11) is 0. The summed E-state index contributed by atoms with van der Waals surface area (Å²) in [5.41, 5.74) is 0. The number of rotatable bonds is 7. The van der Waals surface area contributed by atoms with Crippen molar-refractivity contribution in [2.75, 3.05) is 13.2 Å². The molecule has 0 aliphatic heterocycles. The largest absolute Gasteiger partial charge is 0.467 e. The monoisotopic (exact) mass is 305 g/mol. The van der Waals surface area contributed by atoms with Crippen molar-refractivity contribution < 1.29 is 22.3 Å². The van der Waals surface area contributed by atoms with Crippen LogP contribution in [0.4, 0.5) is 13.2 Å². The predicted molar refractivity (Wildman–Crippen MR) is 72.8 cm³/mol. The fourth-order valence-electron chi connectivity index (χ4n) is 2.72. The van der Waals surface area contributed by atoms with Crippen LogP contribution in [0.15, 0.2) is 22.8 Å². The van der Waals surface area contributed by atoms with Gasteiger partial charge in [0.15, 0.2) is 0 Å². The Balaban J connectivity index is 1.54. The Labute approximate surface area is 122 Å². The van der Waals surface area contributed by atoms with Gasteiger partial charge in [-0.1, -0.05) is 6.42 Å². The van der Waals surface area contributed by atoms with Gasteiger partial charge >= 0.3 is 6.18 Å². The summed E-state index contributed by atoms with van der Waals surface area (Å²) in [6.07, 6.45) is 0.294. The van der Waals surface area contributed by atoms with E-state index in [9.17, 15) is 13.2 Å². The van der Waals surface area contributed by atoms with E-state index in [1.54, 1.807) is 12.3 Å². The standard InChI is InChI=1S/C15H22F3NO2/c16-15(17,18)12-4-1-5-13(10-12)19-7-3-8-20-11-14-6-2-9-21-14/h2,6,9,12-13,19H,1,3-5,7-8,10-11H2. The molecule has 6 heteroatoms. The third-order valence-electron chi connectivity index (χ3n) is 3.86. The Bertz CT molecular complexity index is 392. The molecule has 1 aliphatic rings. The highest BCUT2D eigenvalue weighted by atomic mass is 19.4. The van der Waals surface area contributed by atoms with E-state index in [2.05, 4.69) is 5.32 Å². The lowest BCUT2D eigenvalue weighted by molar-refractivity contribution is -0.183. The Morgan fingerprint density at radius 3 is 2.90 bits per heavy atom. The summed E-state index contributed by atoms with van der Waals surface area (Å²) in [4.78, 5) is 0. The van der Waals surface area contributed by atoms with Crippen LogP contribution in [0.1, 0.15) is 37.9 Å². The average molecular weight is 305 g/mol. The van der Waals surface area contributed by atoms with Crippen LogP contribution >= 0.6 is 0 Å². The first-order valence-electron chi connectivity index (χ1n) is 7.46. The van der Waals surface area contributed by atoms with Gasteiger partial charge in [-0.3, -0.25) is 0 Å². The van der Waals surface area contributed by atoms with Gasteiger partial charge in [-0.25, -0.2) is 0 Å². The fourth-order valence-corrected chi connectivity index (χ4v) is 2.72. The second-order valence-electron chi connectivity index (χ2n) is 5.54. The zero-order valence-electron chi connectivity index (χ0n) is 12.0. The van der Waals surface area contributed by atoms with Gasteiger partial charge in [-0.15, -0.1) is 0 Å². The summed E-state index contributed by atoms with van der Waals surface area (Å²) in [5.74, 6) is -0.359. The number of hydrogen-bond acceptors (Lipinski definition) is 3. The number of alkyl halides is 3. The molecule has 1 heterocycles. The molecule has 3 nitrogen and oxygen atoms in total. The number of furan rings is 1. The molecule has 1 aliphatic carbocycles. The van der Waals surface area contributed by atoms with Crippen LogP contribution in [0.2, 0.25) is 0 Å². The minimum Gasteiger partial charge on any atom is -0.467 e. The van der Waals surface area contributed by atoms with Crippen LogP contribution < -0.4 is 5.32 Å². The minimum atomic E-state index is -4.05. The van der Waals surface area contributed by atoms with E-state index in [0.717, 1.165) is 18.6 Å². The average Bonchev–Trinajstić information content (AvgIpc) is 2.95. The van der Waals surface area contributed by atoms with Gasteiger partial charge in [0.1, 0.15) is 12.4 Å². The maximum absolute atomic E-state index is 12.7. The first-order chi connectivity index (χ1) is 10.1. The van der Waals surface area contributed by atoms with Crippen LogP contribution in [0.5, 0.6) is 0 Å². The third-order valence-corrected chi connectivity index (χ3v) is 3.86. The number of halogens is 3. The second-order valence-corrected chi connectivity index (χ2v) is 5.54. The lowest BCUT2D eigenvalue weighted by Gasteiger charge is -2.31. The molecule has 1 N–H and O–H groups in total. The van der Waals surface area contributed by atoms with E-state index in [-0.39, 0.29) is 18.9 Å². The Morgan fingerprint density at radius 1 is 1.33 bits per heavy atom. The molecule has 0 bridgehead atoms. The Hall–Kier alpha value is -1.01. The molecule has 0 spiro atoms. The second kappa shape index (κ2) is 7.84. The van der Waals surface area contributed by atoms with E-state index in [1.807, 2.05) is 6.07 Å². The van der Waals surface area contributed by atoms with E-state index >= 15 is 0 Å². The van der Waals surface area contributed by atoms with Crippen molar-refractivity contribution in [2.45, 2.75) is 50.9 Å². The zero-order valence-corrected chi connectivity index (χ0v) is 12.0. The van der Waals surface area contributed by atoms with Crippen molar-refractivity contribution in [2.24, 2.45) is 5.92 Å². The summed E-state index contributed by atoms with van der Waals surface area (Å²) in [6.45, 7) is 1.70. The van der Waals surface area contributed by atoms with Gasteiger partial charge in [0.25, 0.3) is 0 Å². The molecule has 1 fully saturated rings. The van der Waals surface area contributed by atoms with Gasteiger partial charge in [0.2, 0.25) is 0 Å². The van der Waals surface area contributed by atoms with E-state index < -0.39 is 12.1 Å². The predicted octanol–water partition coefficient (Wildman–Crippen LogP) is 3.90. The summed E-state index contributed by atoms with van der Waals surface area (Å²) < 4.78 is 48.6. The molecule has 2 atom stereocenters. The molecule has 0 saturated heterocycles. The van der Waals surface area contributed by atoms with Crippen LogP contribution in [0.3, 0.4) is 0 Å². The van der Waals surface area contributed by atoms with Gasteiger partial charge in [0.05, 0.1) is 12.2 Å². The van der Waals surface area contributed by atoms with Crippen LogP contribution in [0.25, 0.3) is 0 Å². The van der Waals surface area contributed by atoms with Crippen molar-refractivity contribution in [1.29, 1.82) is 0 Å². The first-order valence-corrected chi connectivity index (χ1v) is 7.46. The van der Waals surface area contributed by atoms with Crippen molar-refractivity contribution in [1.82, 2.24) is 5.32 Å². The third kappa shape index (κ3) is 5.71. The van der Waals surface area contributed by atoms with Gasteiger partial charge in [-0.2, -0.15) is 13.2 Å². The SMILES string of the molecule is FC(F)(F)C1CCCC(NCCCOCc2ccco2)C1. The molecule has 0 aromatic carbocycles. The smallest absolute Gasteiger partial charge is 0.391 e. The van der Waals surface area contributed by atoms with Crippen molar-refractivity contribution >= 4 is 0 Å². The van der Waals surface area contributed by atoms with E-state index in [0.29, 0.717) is 26.2 Å². The lowest BCUT2D eigenvalue weighted by atomic mass is 9.85. The molecule has 1 aromatic heterocycles. The highest BCUT2D eigenvalue weighted by Crippen LogP contribution is 2.37. The van der Waals surface area contributed by atoms with Gasteiger partial charge in [-0.05, 0) is 44.4 Å². The molecule has 21 heavy (non-hydrogen) atoms. The Morgan fingerprint density at radius 2 is 2.19 bits per heavy atom. The zero-order chi connectivity index (χ0) is 15.1. The number of ether oxygens (including phenoxy) is 1. The molecule has 1 aromatic rings. The summed E-state index contributed by atoms with van der Waals surface area (Å²) in [5, 5.41) is 3.21.